The third kappa shape index (κ3) is 2.96. The van der Waals surface area contributed by atoms with E-state index in [1.807, 2.05) is 29.5 Å². The van der Waals surface area contributed by atoms with E-state index in [1.165, 1.54) is 0 Å². The largest absolute Gasteiger partial charge is 0.465 e. The second-order valence-corrected chi connectivity index (χ2v) is 8.38. The summed E-state index contributed by atoms with van der Waals surface area (Å²) in [7, 11) is 1.72. The molecule has 4 heterocycles. The van der Waals surface area contributed by atoms with Gasteiger partial charge in [0.2, 0.25) is 5.95 Å². The summed E-state index contributed by atoms with van der Waals surface area (Å²) in [5.41, 5.74) is 0.0663. The predicted octanol–water partition coefficient (Wildman–Crippen LogP) is 0.903. The number of amides is 1. The van der Waals surface area contributed by atoms with Crippen LogP contribution in [0.25, 0.3) is 11.0 Å². The Morgan fingerprint density at radius 2 is 2.15 bits per heavy atom. The summed E-state index contributed by atoms with van der Waals surface area (Å²) < 4.78 is 8.01. The number of rotatable bonds is 2. The van der Waals surface area contributed by atoms with E-state index in [9.17, 15) is 9.59 Å². The van der Waals surface area contributed by atoms with E-state index in [4.69, 9.17) is 9.84 Å². The highest BCUT2D eigenvalue weighted by Crippen LogP contribution is 2.42. The molecule has 27 heavy (non-hydrogen) atoms. The van der Waals surface area contributed by atoms with E-state index in [0.29, 0.717) is 40.4 Å². The minimum atomic E-state index is -1.03. The normalized spacial score (nSPS) is 24.6. The number of anilines is 1. The number of aromatic amines is 1. The van der Waals surface area contributed by atoms with Gasteiger partial charge in [-0.05, 0) is 42.4 Å². The summed E-state index contributed by atoms with van der Waals surface area (Å²) in [5.74, 6) is 0.583. The number of nitrogens with zero attached hydrogens (tertiary/aromatic N) is 4. The van der Waals surface area contributed by atoms with Crippen LogP contribution < -0.4 is 15.8 Å². The summed E-state index contributed by atoms with van der Waals surface area (Å²) in [6.07, 6.45) is 0.335. The van der Waals surface area contributed by atoms with Gasteiger partial charge in [0, 0.05) is 25.6 Å². The molecule has 146 valence electrons. The number of fused-ring (bicyclic) bond motifs is 1. The van der Waals surface area contributed by atoms with E-state index in [-0.39, 0.29) is 23.1 Å². The first-order valence-electron chi connectivity index (χ1n) is 8.79. The van der Waals surface area contributed by atoms with E-state index in [1.54, 1.807) is 11.6 Å². The Hall–Kier alpha value is -1.89. The highest BCUT2D eigenvalue weighted by Gasteiger charge is 2.50. The fourth-order valence-electron chi connectivity index (χ4n) is 4.29. The van der Waals surface area contributed by atoms with Crippen molar-refractivity contribution in [1.29, 1.82) is 0 Å². The topological polar surface area (TPSA) is 125 Å². The van der Waals surface area contributed by atoms with Gasteiger partial charge in [0.05, 0.1) is 18.8 Å². The number of hydrogen-bond donors (Lipinski definition) is 3. The predicted molar refractivity (Wildman–Crippen MR) is 106 cm³/mol. The first kappa shape index (κ1) is 18.5. The second-order valence-electron chi connectivity index (χ2n) is 7.30. The molecule has 0 aromatic carbocycles. The maximum atomic E-state index is 12.7. The maximum absolute atomic E-state index is 12.7. The molecule has 2 aliphatic heterocycles. The average molecular weight is 488 g/mol. The van der Waals surface area contributed by atoms with Crippen LogP contribution in [0, 0.1) is 9.12 Å². The highest BCUT2D eigenvalue weighted by molar-refractivity contribution is 14.1. The first-order valence-corrected chi connectivity index (χ1v) is 9.87. The van der Waals surface area contributed by atoms with Gasteiger partial charge in [0.25, 0.3) is 5.56 Å². The standard InChI is InChI=1S/C16H21IN6O4/c1-8-10(18-15(25)26)16(7-27-8)3-5-23(6-4-16)14-19-12-9(11(17)20-21-12)13(24)22(14)2/h8,10,18H,3-7H2,1-2H3,(H,20,21)(H,25,26)/t8-,10+/m0/s1. The van der Waals surface area contributed by atoms with Crippen molar-refractivity contribution in [3.8, 4) is 0 Å². The number of H-pyrrole nitrogens is 1. The van der Waals surface area contributed by atoms with Crippen LogP contribution in [0.15, 0.2) is 4.79 Å². The number of halogens is 1. The van der Waals surface area contributed by atoms with Crippen molar-refractivity contribution in [3.63, 3.8) is 0 Å². The van der Waals surface area contributed by atoms with E-state index < -0.39 is 6.09 Å². The molecule has 2 saturated heterocycles. The fourth-order valence-corrected chi connectivity index (χ4v) is 4.88. The van der Waals surface area contributed by atoms with Crippen molar-refractivity contribution in [2.45, 2.75) is 31.9 Å². The van der Waals surface area contributed by atoms with Crippen LogP contribution >= 0.6 is 22.6 Å². The highest BCUT2D eigenvalue weighted by atomic mass is 127. The Bertz CT molecular complexity index is 948. The molecule has 0 aliphatic carbocycles. The number of aromatic nitrogens is 4. The molecular formula is C16H21IN6O4. The third-order valence-corrected chi connectivity index (χ3v) is 6.59. The van der Waals surface area contributed by atoms with Crippen LogP contribution in [0.5, 0.6) is 0 Å². The average Bonchev–Trinajstić information content (AvgIpc) is 3.14. The molecule has 0 unspecified atom stereocenters. The molecule has 10 nitrogen and oxygen atoms in total. The minimum absolute atomic E-state index is 0.128. The Morgan fingerprint density at radius 3 is 2.81 bits per heavy atom. The monoisotopic (exact) mass is 488 g/mol. The quantitative estimate of drug-likeness (QED) is 0.537. The number of ether oxygens (including phenoxy) is 1. The van der Waals surface area contributed by atoms with Crippen molar-refractivity contribution >= 4 is 45.7 Å². The van der Waals surface area contributed by atoms with Crippen molar-refractivity contribution in [1.82, 2.24) is 25.1 Å². The molecule has 2 aromatic rings. The molecule has 11 heteroatoms. The second kappa shape index (κ2) is 6.62. The van der Waals surface area contributed by atoms with Gasteiger partial charge >= 0.3 is 6.09 Å². The van der Waals surface area contributed by atoms with Crippen molar-refractivity contribution in [3.05, 3.63) is 14.1 Å². The number of nitrogens with one attached hydrogen (secondary N) is 2. The lowest BCUT2D eigenvalue weighted by molar-refractivity contribution is 0.0970. The molecule has 2 aromatic heterocycles. The van der Waals surface area contributed by atoms with E-state index >= 15 is 0 Å². The Labute approximate surface area is 168 Å². The number of carbonyl (C=O) groups is 1. The number of piperidine rings is 1. The van der Waals surface area contributed by atoms with Crippen LogP contribution in [0.4, 0.5) is 10.7 Å². The van der Waals surface area contributed by atoms with Crippen molar-refractivity contribution in [2.24, 2.45) is 12.5 Å². The molecule has 0 radical (unpaired) electrons. The summed E-state index contributed by atoms with van der Waals surface area (Å²) in [6, 6.07) is -0.232. The molecule has 2 fully saturated rings. The zero-order chi connectivity index (χ0) is 19.3. The number of hydrogen-bond acceptors (Lipinski definition) is 6. The molecule has 2 aliphatic rings. The van der Waals surface area contributed by atoms with E-state index in [2.05, 4.69) is 25.4 Å². The minimum Gasteiger partial charge on any atom is -0.465 e. The third-order valence-electron chi connectivity index (χ3n) is 5.81. The van der Waals surface area contributed by atoms with Crippen LogP contribution in [0.3, 0.4) is 0 Å². The Balaban J connectivity index is 1.60. The molecule has 3 N–H and O–H groups in total. The SMILES string of the molecule is C[C@@H]1OCC2(CCN(c3nc4n[nH]c(I)c4c(=O)n3C)CC2)[C@@H]1NC(=O)O. The molecule has 1 amide bonds. The molecule has 4 rings (SSSR count). The van der Waals surface area contributed by atoms with Crippen molar-refractivity contribution in [2.75, 3.05) is 24.6 Å². The Kier molecular flexibility index (Phi) is 4.53. The zero-order valence-corrected chi connectivity index (χ0v) is 17.2. The maximum Gasteiger partial charge on any atom is 0.404 e. The fraction of sp³-hybridized carbons (Fsp3) is 0.625. The summed E-state index contributed by atoms with van der Waals surface area (Å²) in [6.45, 7) is 3.78. The summed E-state index contributed by atoms with van der Waals surface area (Å²) in [4.78, 5) is 30.5. The van der Waals surface area contributed by atoms with Gasteiger partial charge in [0.15, 0.2) is 5.65 Å². The van der Waals surface area contributed by atoms with Gasteiger partial charge in [-0.2, -0.15) is 10.1 Å². The molecule has 0 bridgehead atoms. The lowest BCUT2D eigenvalue weighted by Crippen LogP contribution is -2.54. The van der Waals surface area contributed by atoms with Crippen LogP contribution in [0.2, 0.25) is 0 Å². The van der Waals surface area contributed by atoms with Crippen molar-refractivity contribution < 1.29 is 14.6 Å². The van der Waals surface area contributed by atoms with Gasteiger partial charge in [-0.15, -0.1) is 0 Å². The molecule has 0 saturated carbocycles. The first-order chi connectivity index (χ1) is 12.8. The summed E-state index contributed by atoms with van der Waals surface area (Å²) >= 11 is 2.04. The van der Waals surface area contributed by atoms with Gasteiger partial charge < -0.3 is 20.1 Å². The lowest BCUT2D eigenvalue weighted by atomic mass is 9.73. The smallest absolute Gasteiger partial charge is 0.404 e. The van der Waals surface area contributed by atoms with Gasteiger partial charge in [0.1, 0.15) is 9.09 Å². The zero-order valence-electron chi connectivity index (χ0n) is 15.0. The van der Waals surface area contributed by atoms with Crippen LogP contribution in [0.1, 0.15) is 19.8 Å². The van der Waals surface area contributed by atoms with Gasteiger partial charge in [-0.25, -0.2) is 4.79 Å². The number of carboxylic acid groups (broad SMARTS) is 1. The van der Waals surface area contributed by atoms with E-state index in [0.717, 1.165) is 12.8 Å². The molecule has 1 spiro atoms. The van der Waals surface area contributed by atoms with Crippen LogP contribution in [-0.2, 0) is 11.8 Å². The van der Waals surface area contributed by atoms with Crippen LogP contribution in [-0.4, -0.2) is 62.8 Å². The molecular weight excluding hydrogens is 467 g/mol. The lowest BCUT2D eigenvalue weighted by Gasteiger charge is -2.42. The Morgan fingerprint density at radius 1 is 1.44 bits per heavy atom. The summed E-state index contributed by atoms with van der Waals surface area (Å²) in [5, 5.41) is 19.2. The van der Waals surface area contributed by atoms with Gasteiger partial charge in [-0.1, -0.05) is 0 Å². The van der Waals surface area contributed by atoms with Gasteiger partial charge in [-0.3, -0.25) is 14.5 Å². The molecule has 2 atom stereocenters.